The first-order chi connectivity index (χ1) is 7.88. The van der Waals surface area contributed by atoms with E-state index in [1.54, 1.807) is 4.68 Å². The van der Waals surface area contributed by atoms with Gasteiger partial charge in [0.1, 0.15) is 0 Å². The second-order valence-electron chi connectivity index (χ2n) is 4.19. The van der Waals surface area contributed by atoms with Gasteiger partial charge in [0.15, 0.2) is 0 Å². The summed E-state index contributed by atoms with van der Waals surface area (Å²) in [6.45, 7) is 0.849. The van der Waals surface area contributed by atoms with Gasteiger partial charge in [0, 0.05) is 30.9 Å². The molecule has 1 fully saturated rings. The van der Waals surface area contributed by atoms with Crippen LogP contribution in [0.2, 0.25) is 0 Å². The number of rotatable bonds is 3. The van der Waals surface area contributed by atoms with E-state index in [4.69, 9.17) is 10.0 Å². The molecule has 2 heterocycles. The standard InChI is InChI=1S/C8H14BN3O4S/c1-17(15,16)11-3-2-8(6-11)12-5-7(4-10-12)9(13)14/h4-5,8,13-14H,2-3,6H2,1H3. The van der Waals surface area contributed by atoms with Gasteiger partial charge in [-0.1, -0.05) is 0 Å². The maximum absolute atomic E-state index is 11.3. The van der Waals surface area contributed by atoms with Gasteiger partial charge in [-0.2, -0.15) is 9.40 Å². The molecule has 0 radical (unpaired) electrons. The molecule has 0 saturated carbocycles. The second kappa shape index (κ2) is 4.41. The summed E-state index contributed by atoms with van der Waals surface area (Å²) in [6.07, 6.45) is 4.76. The molecule has 1 saturated heterocycles. The lowest BCUT2D eigenvalue weighted by atomic mass is 9.83. The third kappa shape index (κ3) is 2.68. The van der Waals surface area contributed by atoms with Gasteiger partial charge in [0.2, 0.25) is 10.0 Å². The van der Waals surface area contributed by atoms with E-state index in [-0.39, 0.29) is 6.04 Å². The largest absolute Gasteiger partial charge is 0.491 e. The summed E-state index contributed by atoms with van der Waals surface area (Å²) >= 11 is 0. The first kappa shape index (κ1) is 12.6. The number of aromatic nitrogens is 2. The third-order valence-corrected chi connectivity index (χ3v) is 4.16. The Morgan fingerprint density at radius 2 is 2.24 bits per heavy atom. The van der Waals surface area contributed by atoms with Crippen molar-refractivity contribution >= 4 is 22.6 Å². The number of hydrogen-bond acceptors (Lipinski definition) is 5. The van der Waals surface area contributed by atoms with Crippen LogP contribution in [-0.2, 0) is 10.0 Å². The van der Waals surface area contributed by atoms with Crippen LogP contribution in [-0.4, -0.2) is 59.0 Å². The Kier molecular flexibility index (Phi) is 3.26. The number of sulfonamides is 1. The zero-order valence-corrected chi connectivity index (χ0v) is 10.2. The van der Waals surface area contributed by atoms with Crippen molar-refractivity contribution in [3.63, 3.8) is 0 Å². The fraction of sp³-hybridized carbons (Fsp3) is 0.625. The molecule has 94 valence electrons. The summed E-state index contributed by atoms with van der Waals surface area (Å²) in [4.78, 5) is 0. The molecule has 0 amide bonds. The van der Waals surface area contributed by atoms with Gasteiger partial charge >= 0.3 is 7.12 Å². The molecule has 1 unspecified atom stereocenters. The van der Waals surface area contributed by atoms with Crippen LogP contribution in [0.3, 0.4) is 0 Å². The van der Waals surface area contributed by atoms with Crippen LogP contribution in [0, 0.1) is 0 Å². The third-order valence-electron chi connectivity index (χ3n) is 2.89. The summed E-state index contributed by atoms with van der Waals surface area (Å²) in [5, 5.41) is 21.9. The van der Waals surface area contributed by atoms with E-state index in [0.29, 0.717) is 25.0 Å². The quantitative estimate of drug-likeness (QED) is 0.599. The van der Waals surface area contributed by atoms with Crippen molar-refractivity contribution in [2.75, 3.05) is 19.3 Å². The molecule has 1 aliphatic heterocycles. The highest BCUT2D eigenvalue weighted by molar-refractivity contribution is 7.88. The van der Waals surface area contributed by atoms with Crippen LogP contribution in [0.25, 0.3) is 0 Å². The molecule has 0 spiro atoms. The van der Waals surface area contributed by atoms with Crippen LogP contribution >= 0.6 is 0 Å². The van der Waals surface area contributed by atoms with Crippen LogP contribution in [0.4, 0.5) is 0 Å². The molecular weight excluding hydrogens is 245 g/mol. The van der Waals surface area contributed by atoms with E-state index in [9.17, 15) is 8.42 Å². The normalized spacial score (nSPS) is 21.9. The molecule has 17 heavy (non-hydrogen) atoms. The van der Waals surface area contributed by atoms with Crippen molar-refractivity contribution in [1.29, 1.82) is 0 Å². The molecule has 0 aliphatic carbocycles. The van der Waals surface area contributed by atoms with Crippen molar-refractivity contribution in [2.24, 2.45) is 0 Å². The molecule has 0 bridgehead atoms. The van der Waals surface area contributed by atoms with Crippen molar-refractivity contribution in [1.82, 2.24) is 14.1 Å². The van der Waals surface area contributed by atoms with Gasteiger partial charge < -0.3 is 10.0 Å². The highest BCUT2D eigenvalue weighted by Crippen LogP contribution is 2.22. The number of nitrogens with zero attached hydrogens (tertiary/aromatic N) is 3. The van der Waals surface area contributed by atoms with Crippen LogP contribution in [0.5, 0.6) is 0 Å². The molecule has 2 N–H and O–H groups in total. The molecule has 1 atom stereocenters. The first-order valence-electron chi connectivity index (χ1n) is 5.23. The lowest BCUT2D eigenvalue weighted by Crippen LogP contribution is -2.29. The van der Waals surface area contributed by atoms with E-state index in [2.05, 4.69) is 5.10 Å². The van der Waals surface area contributed by atoms with E-state index in [1.807, 2.05) is 0 Å². The van der Waals surface area contributed by atoms with Crippen molar-refractivity contribution in [2.45, 2.75) is 12.5 Å². The van der Waals surface area contributed by atoms with Gasteiger partial charge in [0.05, 0.1) is 12.3 Å². The van der Waals surface area contributed by atoms with Gasteiger partial charge in [-0.05, 0) is 6.42 Å². The summed E-state index contributed by atoms with van der Waals surface area (Å²) in [7, 11) is -4.70. The summed E-state index contributed by atoms with van der Waals surface area (Å²) in [5.41, 5.74) is 0.308. The van der Waals surface area contributed by atoms with Crippen LogP contribution in [0.15, 0.2) is 12.4 Å². The first-order valence-corrected chi connectivity index (χ1v) is 7.08. The average molecular weight is 259 g/mol. The minimum Gasteiger partial charge on any atom is -0.423 e. The molecule has 1 aromatic heterocycles. The fourth-order valence-electron chi connectivity index (χ4n) is 1.91. The Morgan fingerprint density at radius 3 is 2.71 bits per heavy atom. The van der Waals surface area contributed by atoms with E-state index >= 15 is 0 Å². The Balaban J connectivity index is 2.10. The Morgan fingerprint density at radius 1 is 1.53 bits per heavy atom. The van der Waals surface area contributed by atoms with Crippen molar-refractivity contribution < 1.29 is 18.5 Å². The smallest absolute Gasteiger partial charge is 0.423 e. The maximum atomic E-state index is 11.3. The zero-order valence-electron chi connectivity index (χ0n) is 9.39. The Labute approximate surface area is 99.9 Å². The SMILES string of the molecule is CS(=O)(=O)N1CCC(n2cc(B(O)O)cn2)C1. The van der Waals surface area contributed by atoms with E-state index in [0.717, 1.165) is 0 Å². The second-order valence-corrected chi connectivity index (χ2v) is 6.17. The van der Waals surface area contributed by atoms with Crippen molar-refractivity contribution in [3.05, 3.63) is 12.4 Å². The van der Waals surface area contributed by atoms with Crippen LogP contribution in [0.1, 0.15) is 12.5 Å². The average Bonchev–Trinajstić information content (AvgIpc) is 2.85. The summed E-state index contributed by atoms with van der Waals surface area (Å²) in [6, 6.07) is -0.0442. The van der Waals surface area contributed by atoms with E-state index in [1.165, 1.54) is 23.0 Å². The lowest BCUT2D eigenvalue weighted by Gasteiger charge is -2.13. The van der Waals surface area contributed by atoms with Gasteiger partial charge in [-0.25, -0.2) is 8.42 Å². The highest BCUT2D eigenvalue weighted by atomic mass is 32.2. The van der Waals surface area contributed by atoms with Gasteiger partial charge in [0.25, 0.3) is 0 Å². The highest BCUT2D eigenvalue weighted by Gasteiger charge is 2.30. The molecule has 7 nitrogen and oxygen atoms in total. The summed E-state index contributed by atoms with van der Waals surface area (Å²) in [5.74, 6) is 0. The molecule has 9 heteroatoms. The Bertz CT molecular complexity index is 501. The Hall–Kier alpha value is -0.895. The van der Waals surface area contributed by atoms with Gasteiger partial charge in [-0.15, -0.1) is 0 Å². The molecule has 1 aliphatic rings. The summed E-state index contributed by atoms with van der Waals surface area (Å²) < 4.78 is 25.7. The van der Waals surface area contributed by atoms with Gasteiger partial charge in [-0.3, -0.25) is 4.68 Å². The minimum atomic E-state index is -3.16. The zero-order chi connectivity index (χ0) is 12.6. The topological polar surface area (TPSA) is 95.7 Å². The molecule has 0 aromatic carbocycles. The molecule has 1 aromatic rings. The molecule has 2 rings (SSSR count). The van der Waals surface area contributed by atoms with Crippen molar-refractivity contribution in [3.8, 4) is 0 Å². The monoisotopic (exact) mass is 259 g/mol. The molecular formula is C8H14BN3O4S. The van der Waals surface area contributed by atoms with E-state index < -0.39 is 17.1 Å². The minimum absolute atomic E-state index is 0.0442. The predicted molar refractivity (Wildman–Crippen MR) is 62.1 cm³/mol. The lowest BCUT2D eigenvalue weighted by molar-refractivity contribution is 0.424. The predicted octanol–water partition coefficient (Wildman–Crippen LogP) is -2.23. The fourth-order valence-corrected chi connectivity index (χ4v) is 2.79. The van der Waals surface area contributed by atoms with Crippen LogP contribution < -0.4 is 5.46 Å². The number of hydrogen-bond donors (Lipinski definition) is 2. The maximum Gasteiger partial charge on any atom is 0.491 e.